The van der Waals surface area contributed by atoms with Crippen molar-refractivity contribution in [2.24, 2.45) is 11.8 Å². The van der Waals surface area contributed by atoms with E-state index in [-0.39, 0.29) is 11.9 Å². The second kappa shape index (κ2) is 6.00. The molecule has 2 rings (SSSR count). The molecule has 1 saturated carbocycles. The summed E-state index contributed by atoms with van der Waals surface area (Å²) in [5, 5.41) is 0. The molecule has 102 valence electrons. The summed E-state index contributed by atoms with van der Waals surface area (Å²) in [7, 11) is 0. The van der Waals surface area contributed by atoms with Crippen molar-refractivity contribution in [1.82, 2.24) is 0 Å². The predicted molar refractivity (Wildman–Crippen MR) is 72.7 cm³/mol. The van der Waals surface area contributed by atoms with Crippen molar-refractivity contribution in [2.75, 3.05) is 0 Å². The maximum absolute atomic E-state index is 12.1. The zero-order chi connectivity index (χ0) is 13.8. The zero-order valence-electron chi connectivity index (χ0n) is 11.5. The van der Waals surface area contributed by atoms with Gasteiger partial charge in [-0.2, -0.15) is 0 Å². The second-order valence-corrected chi connectivity index (χ2v) is 5.39. The summed E-state index contributed by atoms with van der Waals surface area (Å²) in [4.78, 5) is 24.0. The number of hydrogen-bond donors (Lipinski definition) is 0. The van der Waals surface area contributed by atoms with Gasteiger partial charge in [-0.05, 0) is 37.3 Å². The van der Waals surface area contributed by atoms with Crippen LogP contribution < -0.4 is 0 Å². The lowest BCUT2D eigenvalue weighted by molar-refractivity contribution is -0.145. The van der Waals surface area contributed by atoms with Crippen LogP contribution in [-0.4, -0.2) is 11.9 Å². The Labute approximate surface area is 114 Å². The van der Waals surface area contributed by atoms with Gasteiger partial charge in [0.05, 0.1) is 11.5 Å². The molecule has 1 aliphatic carbocycles. The SMILES string of the molecule is Cc1ccccc1C(=O)OC(=O)C1CCCCC1C. The van der Waals surface area contributed by atoms with E-state index in [0.717, 1.165) is 31.2 Å². The maximum Gasteiger partial charge on any atom is 0.346 e. The quantitative estimate of drug-likeness (QED) is 0.603. The van der Waals surface area contributed by atoms with Crippen molar-refractivity contribution in [3.05, 3.63) is 35.4 Å². The molecule has 0 saturated heterocycles. The Morgan fingerprint density at radius 3 is 2.53 bits per heavy atom. The number of carbonyl (C=O) groups is 2. The van der Waals surface area contributed by atoms with Crippen molar-refractivity contribution in [2.45, 2.75) is 39.5 Å². The van der Waals surface area contributed by atoms with E-state index >= 15 is 0 Å². The fraction of sp³-hybridized carbons (Fsp3) is 0.500. The van der Waals surface area contributed by atoms with Crippen molar-refractivity contribution in [1.29, 1.82) is 0 Å². The number of carbonyl (C=O) groups excluding carboxylic acids is 2. The normalized spacial score (nSPS) is 22.8. The van der Waals surface area contributed by atoms with Gasteiger partial charge in [-0.1, -0.05) is 38.0 Å². The number of hydrogen-bond acceptors (Lipinski definition) is 3. The fourth-order valence-corrected chi connectivity index (χ4v) is 2.69. The van der Waals surface area contributed by atoms with E-state index in [4.69, 9.17) is 4.74 Å². The smallest absolute Gasteiger partial charge is 0.346 e. The van der Waals surface area contributed by atoms with Crippen LogP contribution in [-0.2, 0) is 9.53 Å². The summed E-state index contributed by atoms with van der Waals surface area (Å²) >= 11 is 0. The molecule has 1 aliphatic rings. The van der Waals surface area contributed by atoms with E-state index < -0.39 is 5.97 Å². The molecule has 0 radical (unpaired) electrons. The minimum Gasteiger partial charge on any atom is -0.389 e. The van der Waals surface area contributed by atoms with Crippen LogP contribution >= 0.6 is 0 Å². The van der Waals surface area contributed by atoms with Gasteiger partial charge < -0.3 is 4.74 Å². The predicted octanol–water partition coefficient (Wildman–Crippen LogP) is 3.50. The van der Waals surface area contributed by atoms with Crippen LogP contribution in [0, 0.1) is 18.8 Å². The van der Waals surface area contributed by atoms with E-state index in [0.29, 0.717) is 11.5 Å². The van der Waals surface area contributed by atoms with E-state index in [1.54, 1.807) is 12.1 Å². The summed E-state index contributed by atoms with van der Waals surface area (Å²) in [6.45, 7) is 3.90. The summed E-state index contributed by atoms with van der Waals surface area (Å²) in [6.07, 6.45) is 4.08. The number of esters is 2. The molecule has 0 amide bonds. The average Bonchev–Trinajstić information content (AvgIpc) is 2.39. The molecule has 3 heteroatoms. The fourth-order valence-electron chi connectivity index (χ4n) is 2.69. The van der Waals surface area contributed by atoms with Crippen LogP contribution in [0.2, 0.25) is 0 Å². The topological polar surface area (TPSA) is 43.4 Å². The maximum atomic E-state index is 12.1. The Morgan fingerprint density at radius 1 is 1.16 bits per heavy atom. The molecule has 0 aliphatic heterocycles. The highest BCUT2D eigenvalue weighted by Crippen LogP contribution is 2.30. The average molecular weight is 260 g/mol. The minimum atomic E-state index is -0.527. The van der Waals surface area contributed by atoms with Crippen LogP contribution in [0.15, 0.2) is 24.3 Å². The molecule has 3 nitrogen and oxygen atoms in total. The van der Waals surface area contributed by atoms with Gasteiger partial charge in [0.25, 0.3) is 0 Å². The molecule has 1 aromatic rings. The van der Waals surface area contributed by atoms with Gasteiger partial charge in [0, 0.05) is 0 Å². The molecule has 19 heavy (non-hydrogen) atoms. The van der Waals surface area contributed by atoms with E-state index in [1.807, 2.05) is 19.1 Å². The monoisotopic (exact) mass is 260 g/mol. The number of aryl methyl sites for hydroxylation is 1. The number of rotatable bonds is 2. The molecule has 0 N–H and O–H groups in total. The Hall–Kier alpha value is -1.64. The lowest BCUT2D eigenvalue weighted by atomic mass is 9.80. The Bertz CT molecular complexity index is 479. The third-order valence-corrected chi connectivity index (χ3v) is 3.97. The molecule has 2 atom stereocenters. The first-order valence-corrected chi connectivity index (χ1v) is 6.91. The van der Waals surface area contributed by atoms with Crippen molar-refractivity contribution in [3.8, 4) is 0 Å². The zero-order valence-corrected chi connectivity index (χ0v) is 11.5. The van der Waals surface area contributed by atoms with Crippen LogP contribution in [0.4, 0.5) is 0 Å². The number of benzene rings is 1. The molecule has 0 aromatic heterocycles. The highest BCUT2D eigenvalue weighted by atomic mass is 16.6. The van der Waals surface area contributed by atoms with Gasteiger partial charge in [0.2, 0.25) is 0 Å². The molecule has 0 spiro atoms. The van der Waals surface area contributed by atoms with Crippen molar-refractivity contribution >= 4 is 11.9 Å². The van der Waals surface area contributed by atoms with Crippen molar-refractivity contribution in [3.63, 3.8) is 0 Å². The van der Waals surface area contributed by atoms with Gasteiger partial charge >= 0.3 is 11.9 Å². The van der Waals surface area contributed by atoms with Crippen LogP contribution in [0.3, 0.4) is 0 Å². The lowest BCUT2D eigenvalue weighted by Crippen LogP contribution is -2.29. The first kappa shape index (κ1) is 13.8. The van der Waals surface area contributed by atoms with Crippen LogP contribution in [0.1, 0.15) is 48.5 Å². The van der Waals surface area contributed by atoms with E-state index in [9.17, 15) is 9.59 Å². The highest BCUT2D eigenvalue weighted by Gasteiger charge is 2.30. The minimum absolute atomic E-state index is 0.123. The molecule has 2 unspecified atom stereocenters. The van der Waals surface area contributed by atoms with E-state index in [1.165, 1.54) is 0 Å². The lowest BCUT2D eigenvalue weighted by Gasteiger charge is -2.26. The third-order valence-electron chi connectivity index (χ3n) is 3.97. The molecule has 1 aromatic carbocycles. The Morgan fingerprint density at radius 2 is 1.84 bits per heavy atom. The summed E-state index contributed by atoms with van der Waals surface area (Å²) in [6, 6.07) is 7.16. The van der Waals surface area contributed by atoms with Crippen LogP contribution in [0.25, 0.3) is 0 Å². The highest BCUT2D eigenvalue weighted by molar-refractivity contribution is 5.98. The summed E-state index contributed by atoms with van der Waals surface area (Å²) in [5.41, 5.74) is 1.30. The van der Waals surface area contributed by atoms with Gasteiger partial charge in [-0.25, -0.2) is 4.79 Å². The van der Waals surface area contributed by atoms with Crippen LogP contribution in [0.5, 0.6) is 0 Å². The van der Waals surface area contributed by atoms with Gasteiger partial charge in [0.1, 0.15) is 0 Å². The molecular formula is C16H20O3. The summed E-state index contributed by atoms with van der Waals surface area (Å²) in [5.74, 6) is -0.700. The van der Waals surface area contributed by atoms with E-state index in [2.05, 4.69) is 6.92 Å². The second-order valence-electron chi connectivity index (χ2n) is 5.39. The van der Waals surface area contributed by atoms with Gasteiger partial charge in [-0.3, -0.25) is 4.79 Å². The molecular weight excluding hydrogens is 240 g/mol. The standard InChI is InChI=1S/C16H20O3/c1-11-7-3-5-9-13(11)15(17)19-16(18)14-10-6-4-8-12(14)2/h3,5,7,9,12,14H,4,6,8,10H2,1-2H3. The molecule has 0 heterocycles. The number of ether oxygens (including phenoxy) is 1. The Kier molecular flexibility index (Phi) is 4.35. The molecule has 0 bridgehead atoms. The largest absolute Gasteiger partial charge is 0.389 e. The molecule has 1 fully saturated rings. The third kappa shape index (κ3) is 3.22. The summed E-state index contributed by atoms with van der Waals surface area (Å²) < 4.78 is 5.05. The Balaban J connectivity index is 2.03. The first-order chi connectivity index (χ1) is 9.09. The van der Waals surface area contributed by atoms with Gasteiger partial charge in [0.15, 0.2) is 0 Å². The van der Waals surface area contributed by atoms with Gasteiger partial charge in [-0.15, -0.1) is 0 Å². The first-order valence-electron chi connectivity index (χ1n) is 6.91. The van der Waals surface area contributed by atoms with Crippen molar-refractivity contribution < 1.29 is 14.3 Å².